The van der Waals surface area contributed by atoms with Crippen LogP contribution in [0.4, 0.5) is 4.39 Å². The van der Waals surface area contributed by atoms with Crippen LogP contribution in [-0.2, 0) is 11.2 Å². The highest BCUT2D eigenvalue weighted by Crippen LogP contribution is 2.36. The zero-order chi connectivity index (χ0) is 22.8. The van der Waals surface area contributed by atoms with E-state index in [1.54, 1.807) is 0 Å². The zero-order valence-electron chi connectivity index (χ0n) is 19.0. The second kappa shape index (κ2) is 9.64. The van der Waals surface area contributed by atoms with E-state index in [0.717, 1.165) is 69.2 Å². The molecule has 2 aliphatic heterocycles. The first kappa shape index (κ1) is 22.1. The Labute approximate surface area is 194 Å². The van der Waals surface area contributed by atoms with Gasteiger partial charge in [0, 0.05) is 36.2 Å². The molecule has 0 radical (unpaired) electrons. The Balaban J connectivity index is 1.31. The molecule has 2 aromatic carbocycles. The summed E-state index contributed by atoms with van der Waals surface area (Å²) in [6, 6.07) is 12.9. The first-order valence-electron chi connectivity index (χ1n) is 12.3. The van der Waals surface area contributed by atoms with Crippen LogP contribution in [0.15, 0.2) is 42.5 Å². The lowest BCUT2D eigenvalue weighted by molar-refractivity contribution is -0.133. The normalized spacial score (nSPS) is 24.9. The van der Waals surface area contributed by atoms with Crippen molar-refractivity contribution in [3.05, 3.63) is 59.4 Å². The summed E-state index contributed by atoms with van der Waals surface area (Å²) in [6.07, 6.45) is 8.15. The monoisotopic (exact) mass is 449 g/mol. The van der Waals surface area contributed by atoms with Crippen molar-refractivity contribution >= 4 is 11.8 Å². The summed E-state index contributed by atoms with van der Waals surface area (Å²) < 4.78 is 14.8. The van der Waals surface area contributed by atoms with Gasteiger partial charge in [-0.2, -0.15) is 0 Å². The largest absolute Gasteiger partial charge is 0.339 e. The molecule has 3 atom stereocenters. The van der Waals surface area contributed by atoms with E-state index in [4.69, 9.17) is 0 Å². The Morgan fingerprint density at radius 3 is 2.70 bits per heavy atom. The van der Waals surface area contributed by atoms with Crippen LogP contribution in [0.25, 0.3) is 11.1 Å². The molecule has 1 aliphatic carbocycles. The number of halogens is 1. The Morgan fingerprint density at radius 2 is 1.85 bits per heavy atom. The lowest BCUT2D eigenvalue weighted by atomic mass is 9.72. The molecular formula is C27H32FN3O2. The number of amides is 2. The smallest absolute Gasteiger partial charge is 0.253 e. The predicted octanol–water partition coefficient (Wildman–Crippen LogP) is 4.47. The average molecular weight is 450 g/mol. The van der Waals surface area contributed by atoms with E-state index in [1.807, 2.05) is 41.3 Å². The van der Waals surface area contributed by atoms with Crippen molar-refractivity contribution in [2.75, 3.05) is 13.1 Å². The number of likely N-dealkylation sites (tertiary alicyclic amines) is 1. The molecule has 3 unspecified atom stereocenters. The van der Waals surface area contributed by atoms with Gasteiger partial charge >= 0.3 is 0 Å². The fraction of sp³-hybridized carbons (Fsp3) is 0.481. The molecule has 0 spiro atoms. The third-order valence-corrected chi connectivity index (χ3v) is 7.64. The molecule has 174 valence electrons. The molecule has 2 N–H and O–H groups in total. The molecule has 6 heteroatoms. The second-order valence-electron chi connectivity index (χ2n) is 9.73. The highest BCUT2D eigenvalue weighted by Gasteiger charge is 2.39. The SMILES string of the molecule is O=C1NNC(CCc2ccc(F)c(-c3cccc(C(=O)N4CCCC4)c3)c2)C2CCCCC12. The predicted molar refractivity (Wildman–Crippen MR) is 126 cm³/mol. The van der Waals surface area contributed by atoms with Gasteiger partial charge in [0.05, 0.1) is 0 Å². The fourth-order valence-corrected chi connectivity index (χ4v) is 5.81. The summed E-state index contributed by atoms with van der Waals surface area (Å²) in [4.78, 5) is 26.9. The van der Waals surface area contributed by atoms with Gasteiger partial charge in [-0.05, 0) is 79.8 Å². The van der Waals surface area contributed by atoms with E-state index in [9.17, 15) is 14.0 Å². The van der Waals surface area contributed by atoms with E-state index in [2.05, 4.69) is 10.9 Å². The maximum absolute atomic E-state index is 14.8. The van der Waals surface area contributed by atoms with Crippen LogP contribution < -0.4 is 10.9 Å². The molecule has 2 heterocycles. The molecule has 2 aromatic rings. The summed E-state index contributed by atoms with van der Waals surface area (Å²) in [5, 5.41) is 0. The maximum atomic E-state index is 14.8. The lowest BCUT2D eigenvalue weighted by Crippen LogP contribution is -2.59. The lowest BCUT2D eigenvalue weighted by Gasteiger charge is -2.41. The Morgan fingerprint density at radius 1 is 1.03 bits per heavy atom. The van der Waals surface area contributed by atoms with Crippen LogP contribution >= 0.6 is 0 Å². The summed E-state index contributed by atoms with van der Waals surface area (Å²) >= 11 is 0. The molecule has 33 heavy (non-hydrogen) atoms. The van der Waals surface area contributed by atoms with E-state index in [0.29, 0.717) is 17.0 Å². The quantitative estimate of drug-likeness (QED) is 0.708. The first-order chi connectivity index (χ1) is 16.1. The minimum absolute atomic E-state index is 0.0263. The van der Waals surface area contributed by atoms with E-state index in [1.165, 1.54) is 12.5 Å². The van der Waals surface area contributed by atoms with Crippen molar-refractivity contribution in [1.82, 2.24) is 15.8 Å². The highest BCUT2D eigenvalue weighted by molar-refractivity contribution is 5.95. The molecule has 5 rings (SSSR count). The van der Waals surface area contributed by atoms with Crippen molar-refractivity contribution < 1.29 is 14.0 Å². The van der Waals surface area contributed by atoms with E-state index in [-0.39, 0.29) is 29.6 Å². The van der Waals surface area contributed by atoms with Crippen LogP contribution in [0.5, 0.6) is 0 Å². The van der Waals surface area contributed by atoms with Gasteiger partial charge in [0.2, 0.25) is 5.91 Å². The van der Waals surface area contributed by atoms with E-state index < -0.39 is 0 Å². The highest BCUT2D eigenvalue weighted by atomic mass is 19.1. The topological polar surface area (TPSA) is 61.4 Å². The van der Waals surface area contributed by atoms with Gasteiger partial charge < -0.3 is 4.90 Å². The minimum Gasteiger partial charge on any atom is -0.339 e. The molecule has 3 fully saturated rings. The molecule has 0 aromatic heterocycles. The van der Waals surface area contributed by atoms with Crippen molar-refractivity contribution in [2.24, 2.45) is 11.8 Å². The molecule has 5 nitrogen and oxygen atoms in total. The number of hydrazine groups is 1. The van der Waals surface area contributed by atoms with Crippen LogP contribution in [0, 0.1) is 17.7 Å². The van der Waals surface area contributed by atoms with Crippen molar-refractivity contribution in [2.45, 2.75) is 57.4 Å². The number of benzene rings is 2. The number of nitrogens with zero attached hydrogens (tertiary/aromatic N) is 1. The molecular weight excluding hydrogens is 417 g/mol. The second-order valence-corrected chi connectivity index (χ2v) is 9.73. The molecule has 3 aliphatic rings. The number of fused-ring (bicyclic) bond motifs is 1. The van der Waals surface area contributed by atoms with Crippen LogP contribution in [-0.4, -0.2) is 35.8 Å². The first-order valence-corrected chi connectivity index (χ1v) is 12.3. The third kappa shape index (κ3) is 4.67. The van der Waals surface area contributed by atoms with Gasteiger partial charge in [-0.15, -0.1) is 0 Å². The van der Waals surface area contributed by atoms with Crippen molar-refractivity contribution in [3.8, 4) is 11.1 Å². The average Bonchev–Trinajstić information content (AvgIpc) is 3.39. The van der Waals surface area contributed by atoms with Gasteiger partial charge in [0.25, 0.3) is 5.91 Å². The van der Waals surface area contributed by atoms with E-state index >= 15 is 0 Å². The van der Waals surface area contributed by atoms with Gasteiger partial charge in [-0.25, -0.2) is 9.82 Å². The molecule has 0 bridgehead atoms. The fourth-order valence-electron chi connectivity index (χ4n) is 5.81. The summed E-state index contributed by atoms with van der Waals surface area (Å²) in [6.45, 7) is 1.59. The summed E-state index contributed by atoms with van der Waals surface area (Å²) in [5.41, 5.74) is 9.04. The van der Waals surface area contributed by atoms with Crippen LogP contribution in [0.3, 0.4) is 0 Å². The van der Waals surface area contributed by atoms with Crippen molar-refractivity contribution in [1.29, 1.82) is 0 Å². The number of rotatable bonds is 5. The zero-order valence-corrected chi connectivity index (χ0v) is 19.0. The third-order valence-electron chi connectivity index (χ3n) is 7.64. The van der Waals surface area contributed by atoms with Gasteiger partial charge in [0.15, 0.2) is 0 Å². The standard InChI is InChI=1S/C27H32FN3O2/c28-24-12-10-18(11-13-25-21-8-1-2-9-22(21)26(32)30-29-25)16-23(24)19-6-5-7-20(17-19)27(33)31-14-3-4-15-31/h5-7,10,12,16-17,21-22,25,29H,1-4,8-9,11,13-15H2,(H,30,32). The summed E-state index contributed by atoms with van der Waals surface area (Å²) in [5.74, 6) is 0.368. The molecule has 2 amide bonds. The number of carbonyl (C=O) groups excluding carboxylic acids is 2. The van der Waals surface area contributed by atoms with Gasteiger partial charge in [-0.1, -0.05) is 31.0 Å². The number of carbonyl (C=O) groups is 2. The van der Waals surface area contributed by atoms with Gasteiger partial charge in [-0.3, -0.25) is 15.0 Å². The molecule has 2 saturated heterocycles. The van der Waals surface area contributed by atoms with Crippen molar-refractivity contribution in [3.63, 3.8) is 0 Å². The van der Waals surface area contributed by atoms with Crippen LogP contribution in [0.2, 0.25) is 0 Å². The number of aryl methyl sites for hydroxylation is 1. The Hall–Kier alpha value is -2.73. The van der Waals surface area contributed by atoms with Crippen LogP contribution in [0.1, 0.15) is 60.9 Å². The molecule has 1 saturated carbocycles. The minimum atomic E-state index is -0.278. The Kier molecular flexibility index (Phi) is 6.45. The summed E-state index contributed by atoms with van der Waals surface area (Å²) in [7, 11) is 0. The van der Waals surface area contributed by atoms with Gasteiger partial charge in [0.1, 0.15) is 5.82 Å². The number of hydrogen-bond acceptors (Lipinski definition) is 3. The Bertz CT molecular complexity index is 1030. The number of nitrogens with one attached hydrogen (secondary N) is 2. The number of hydrogen-bond donors (Lipinski definition) is 2. The maximum Gasteiger partial charge on any atom is 0.253 e.